The van der Waals surface area contributed by atoms with Crippen LogP contribution in [0.25, 0.3) is 0 Å². The average molecular weight is 258 g/mol. The molecule has 1 aromatic rings. The summed E-state index contributed by atoms with van der Waals surface area (Å²) in [4.78, 5) is 11.4. The van der Waals surface area contributed by atoms with Gasteiger partial charge >= 0.3 is 0 Å². The van der Waals surface area contributed by atoms with E-state index in [4.69, 9.17) is 0 Å². The predicted octanol–water partition coefficient (Wildman–Crippen LogP) is 2.50. The van der Waals surface area contributed by atoms with Crippen LogP contribution < -0.4 is 5.32 Å². The van der Waals surface area contributed by atoms with Gasteiger partial charge in [0.05, 0.1) is 5.56 Å². The van der Waals surface area contributed by atoms with Crippen molar-refractivity contribution in [3.05, 3.63) is 46.7 Å². The van der Waals surface area contributed by atoms with E-state index in [1.54, 1.807) is 6.08 Å². The van der Waals surface area contributed by atoms with Crippen molar-refractivity contribution in [3.63, 3.8) is 0 Å². The molecule has 1 rings (SSSR count). The van der Waals surface area contributed by atoms with Gasteiger partial charge in [-0.05, 0) is 34.1 Å². The first-order valence-electron chi connectivity index (χ1n) is 3.99. The smallest absolute Gasteiger partial charge is 0.252 e. The van der Waals surface area contributed by atoms with Crippen molar-refractivity contribution >= 4 is 21.8 Å². The number of halogens is 2. The minimum Gasteiger partial charge on any atom is -0.349 e. The van der Waals surface area contributed by atoms with Crippen LogP contribution in [0, 0.1) is 5.82 Å². The molecule has 0 saturated heterocycles. The first kappa shape index (κ1) is 10.9. The Kier molecular flexibility index (Phi) is 3.83. The van der Waals surface area contributed by atoms with Crippen molar-refractivity contribution < 1.29 is 9.18 Å². The largest absolute Gasteiger partial charge is 0.349 e. The summed E-state index contributed by atoms with van der Waals surface area (Å²) in [6, 6.07) is 3.92. The number of nitrogens with one attached hydrogen (secondary N) is 1. The van der Waals surface area contributed by atoms with Gasteiger partial charge in [-0.2, -0.15) is 0 Å². The van der Waals surface area contributed by atoms with Gasteiger partial charge in [-0.25, -0.2) is 4.39 Å². The second kappa shape index (κ2) is 4.91. The molecule has 1 amide bonds. The number of amides is 1. The van der Waals surface area contributed by atoms with Gasteiger partial charge in [0.15, 0.2) is 0 Å². The van der Waals surface area contributed by atoms with E-state index in [0.29, 0.717) is 16.6 Å². The van der Waals surface area contributed by atoms with E-state index in [2.05, 4.69) is 27.8 Å². The molecule has 0 spiro atoms. The lowest BCUT2D eigenvalue weighted by atomic mass is 10.2. The lowest BCUT2D eigenvalue weighted by Gasteiger charge is -2.04. The quantitative estimate of drug-likeness (QED) is 0.829. The van der Waals surface area contributed by atoms with Gasteiger partial charge in [0.25, 0.3) is 5.91 Å². The summed E-state index contributed by atoms with van der Waals surface area (Å²) < 4.78 is 13.1. The molecule has 0 bridgehead atoms. The second-order valence-electron chi connectivity index (χ2n) is 2.62. The molecule has 4 heteroatoms. The number of benzene rings is 1. The summed E-state index contributed by atoms with van der Waals surface area (Å²) in [5.41, 5.74) is 0.410. The van der Waals surface area contributed by atoms with Gasteiger partial charge in [-0.15, -0.1) is 6.58 Å². The molecule has 0 heterocycles. The van der Waals surface area contributed by atoms with Gasteiger partial charge in [-0.3, -0.25) is 4.79 Å². The number of rotatable bonds is 3. The van der Waals surface area contributed by atoms with Gasteiger partial charge in [0, 0.05) is 11.0 Å². The number of hydrogen-bond donors (Lipinski definition) is 1. The number of carbonyl (C=O) groups excluding carboxylic acids is 1. The van der Waals surface area contributed by atoms with Crippen LogP contribution in [0.4, 0.5) is 4.39 Å². The van der Waals surface area contributed by atoms with Gasteiger partial charge in [0.2, 0.25) is 0 Å². The molecule has 1 aromatic carbocycles. The highest BCUT2D eigenvalue weighted by molar-refractivity contribution is 9.10. The van der Waals surface area contributed by atoms with E-state index in [0.717, 1.165) is 0 Å². The van der Waals surface area contributed by atoms with Gasteiger partial charge < -0.3 is 5.32 Å². The average Bonchev–Trinajstić information content (AvgIpc) is 2.14. The van der Waals surface area contributed by atoms with Gasteiger partial charge in [0.1, 0.15) is 5.82 Å². The Hall–Kier alpha value is -1.16. The Morgan fingerprint density at radius 1 is 1.64 bits per heavy atom. The molecule has 0 aliphatic heterocycles. The Bertz CT molecular complexity index is 365. The maximum Gasteiger partial charge on any atom is 0.252 e. The first-order chi connectivity index (χ1) is 6.65. The molecule has 2 nitrogen and oxygen atoms in total. The highest BCUT2D eigenvalue weighted by atomic mass is 79.9. The highest BCUT2D eigenvalue weighted by Gasteiger charge is 2.08. The molecule has 0 saturated carbocycles. The molecule has 14 heavy (non-hydrogen) atoms. The molecule has 0 radical (unpaired) electrons. The molecule has 0 fully saturated rings. The lowest BCUT2D eigenvalue weighted by molar-refractivity contribution is 0.0957. The van der Waals surface area contributed by atoms with Crippen LogP contribution in [0.2, 0.25) is 0 Å². The lowest BCUT2D eigenvalue weighted by Crippen LogP contribution is -2.23. The second-order valence-corrected chi connectivity index (χ2v) is 3.48. The summed E-state index contributed by atoms with van der Waals surface area (Å²) in [5, 5.41) is 2.60. The third-order valence-electron chi connectivity index (χ3n) is 1.58. The van der Waals surface area contributed by atoms with E-state index >= 15 is 0 Å². The zero-order chi connectivity index (χ0) is 10.6. The van der Waals surface area contributed by atoms with Crippen LogP contribution in [-0.2, 0) is 0 Å². The summed E-state index contributed by atoms with van der Waals surface area (Å²) in [6.45, 7) is 3.87. The van der Waals surface area contributed by atoms with Crippen molar-refractivity contribution in [2.45, 2.75) is 0 Å². The molecule has 0 atom stereocenters. The first-order valence-corrected chi connectivity index (χ1v) is 4.78. The zero-order valence-electron chi connectivity index (χ0n) is 7.39. The van der Waals surface area contributed by atoms with E-state index in [-0.39, 0.29) is 11.7 Å². The highest BCUT2D eigenvalue weighted by Crippen LogP contribution is 2.17. The molecule has 0 aliphatic rings. The molecular weight excluding hydrogens is 249 g/mol. The Balaban J connectivity index is 2.84. The van der Waals surface area contributed by atoms with Crippen LogP contribution in [0.5, 0.6) is 0 Å². The van der Waals surface area contributed by atoms with Crippen LogP contribution in [0.1, 0.15) is 10.4 Å². The van der Waals surface area contributed by atoms with Crippen LogP contribution in [-0.4, -0.2) is 12.5 Å². The standard InChI is InChI=1S/C10H9BrFNO/c1-2-5-13-10(14)8-4-3-7(12)6-9(8)11/h2-4,6H,1,5H2,(H,13,14). The summed E-state index contributed by atoms with van der Waals surface area (Å²) in [6.07, 6.45) is 1.58. The van der Waals surface area contributed by atoms with E-state index in [1.165, 1.54) is 18.2 Å². The molecule has 74 valence electrons. The topological polar surface area (TPSA) is 29.1 Å². The van der Waals surface area contributed by atoms with E-state index in [1.807, 2.05) is 0 Å². The van der Waals surface area contributed by atoms with Crippen molar-refractivity contribution in [1.82, 2.24) is 5.32 Å². The van der Waals surface area contributed by atoms with Crippen molar-refractivity contribution in [3.8, 4) is 0 Å². The summed E-state index contributed by atoms with van der Waals surface area (Å²) >= 11 is 3.11. The van der Waals surface area contributed by atoms with Crippen molar-refractivity contribution in [2.24, 2.45) is 0 Å². The minimum atomic E-state index is -0.378. The summed E-state index contributed by atoms with van der Waals surface area (Å²) in [7, 11) is 0. The number of carbonyl (C=O) groups is 1. The molecule has 0 unspecified atom stereocenters. The molecule has 0 aliphatic carbocycles. The third-order valence-corrected chi connectivity index (χ3v) is 2.24. The molecule has 0 aromatic heterocycles. The molecule has 1 N–H and O–H groups in total. The maximum absolute atomic E-state index is 12.7. The van der Waals surface area contributed by atoms with Crippen molar-refractivity contribution in [2.75, 3.05) is 6.54 Å². The van der Waals surface area contributed by atoms with Gasteiger partial charge in [-0.1, -0.05) is 6.08 Å². The number of hydrogen-bond acceptors (Lipinski definition) is 1. The Labute approximate surface area is 89.9 Å². The fourth-order valence-corrected chi connectivity index (χ4v) is 1.46. The van der Waals surface area contributed by atoms with E-state index in [9.17, 15) is 9.18 Å². The third kappa shape index (κ3) is 2.67. The Morgan fingerprint density at radius 2 is 2.36 bits per heavy atom. The van der Waals surface area contributed by atoms with Crippen LogP contribution in [0.3, 0.4) is 0 Å². The fourth-order valence-electron chi connectivity index (χ4n) is 0.934. The van der Waals surface area contributed by atoms with E-state index < -0.39 is 0 Å². The normalized spacial score (nSPS) is 9.57. The fraction of sp³-hybridized carbons (Fsp3) is 0.100. The zero-order valence-corrected chi connectivity index (χ0v) is 8.97. The SMILES string of the molecule is C=CCNC(=O)c1ccc(F)cc1Br. The van der Waals surface area contributed by atoms with Crippen LogP contribution >= 0.6 is 15.9 Å². The maximum atomic E-state index is 12.7. The summed E-state index contributed by atoms with van der Waals surface area (Å²) in [5.74, 6) is -0.631. The Morgan fingerprint density at radius 3 is 2.93 bits per heavy atom. The molecular formula is C10H9BrFNO. The minimum absolute atomic E-state index is 0.253. The van der Waals surface area contributed by atoms with Crippen LogP contribution in [0.15, 0.2) is 35.3 Å². The monoisotopic (exact) mass is 257 g/mol. The predicted molar refractivity (Wildman–Crippen MR) is 56.6 cm³/mol. The van der Waals surface area contributed by atoms with Crippen molar-refractivity contribution in [1.29, 1.82) is 0 Å².